The lowest BCUT2D eigenvalue weighted by Gasteiger charge is -2.12. The number of aliphatic imine (C=N–C) groups is 1. The van der Waals surface area contributed by atoms with E-state index in [1.54, 1.807) is 23.5 Å². The Morgan fingerprint density at radius 3 is 2.61 bits per heavy atom. The molecule has 1 aliphatic rings. The molecule has 4 aromatic rings. The Morgan fingerprint density at radius 1 is 1.03 bits per heavy atom. The second-order valence-electron chi connectivity index (χ2n) is 7.34. The highest BCUT2D eigenvalue weighted by molar-refractivity contribution is 7.12. The van der Waals surface area contributed by atoms with Crippen molar-refractivity contribution < 1.29 is 9.90 Å². The van der Waals surface area contributed by atoms with Gasteiger partial charge < -0.3 is 5.11 Å². The number of carboxylic acids is 1. The van der Waals surface area contributed by atoms with E-state index in [-0.39, 0.29) is 5.56 Å². The monoisotopic (exact) mass is 444 g/mol. The van der Waals surface area contributed by atoms with Crippen LogP contribution in [0.2, 0.25) is 5.02 Å². The minimum atomic E-state index is -0.925. The van der Waals surface area contributed by atoms with Gasteiger partial charge >= 0.3 is 5.97 Å². The van der Waals surface area contributed by atoms with Crippen molar-refractivity contribution in [1.82, 2.24) is 4.98 Å². The third-order valence-electron chi connectivity index (χ3n) is 5.32. The summed E-state index contributed by atoms with van der Waals surface area (Å²) in [5, 5.41) is 11.8. The molecule has 0 atom stereocenters. The van der Waals surface area contributed by atoms with Crippen molar-refractivity contribution in [1.29, 1.82) is 0 Å². The van der Waals surface area contributed by atoms with Gasteiger partial charge in [0.2, 0.25) is 0 Å². The number of aromatic nitrogens is 1. The zero-order valence-electron chi connectivity index (χ0n) is 16.4. The van der Waals surface area contributed by atoms with Gasteiger partial charge in [-0.1, -0.05) is 35.9 Å². The van der Waals surface area contributed by atoms with Gasteiger partial charge in [0, 0.05) is 28.9 Å². The summed E-state index contributed by atoms with van der Waals surface area (Å²) >= 11 is 8.02. The number of carbonyl (C=O) groups is 1. The Hall–Kier alpha value is -3.28. The second kappa shape index (κ2) is 8.10. The smallest absolute Gasteiger partial charge is 0.335 e. The number of halogens is 1. The van der Waals surface area contributed by atoms with E-state index in [2.05, 4.69) is 28.6 Å². The molecule has 0 saturated carbocycles. The Labute approximate surface area is 188 Å². The number of pyridine rings is 1. The molecule has 5 rings (SSSR count). The van der Waals surface area contributed by atoms with E-state index in [1.165, 1.54) is 0 Å². The molecule has 0 spiro atoms. The highest BCUT2D eigenvalue weighted by Crippen LogP contribution is 2.35. The number of rotatable bonds is 4. The number of fused-ring (bicyclic) bond motifs is 3. The first kappa shape index (κ1) is 19.7. The number of carboxylic acid groups (broad SMARTS) is 1. The van der Waals surface area contributed by atoms with Crippen molar-refractivity contribution in [3.63, 3.8) is 0 Å². The van der Waals surface area contributed by atoms with Crippen LogP contribution in [-0.2, 0) is 13.0 Å². The minimum Gasteiger partial charge on any atom is -0.478 e. The van der Waals surface area contributed by atoms with Crippen LogP contribution in [-0.4, -0.2) is 21.8 Å². The first-order chi connectivity index (χ1) is 15.1. The van der Waals surface area contributed by atoms with Crippen molar-refractivity contribution in [3.8, 4) is 11.1 Å². The molecular weight excluding hydrogens is 428 g/mol. The molecule has 152 valence electrons. The van der Waals surface area contributed by atoms with Gasteiger partial charge in [0.1, 0.15) is 0 Å². The van der Waals surface area contributed by atoms with Crippen LogP contribution in [0.4, 0.5) is 0 Å². The van der Waals surface area contributed by atoms with Gasteiger partial charge in [-0.25, -0.2) is 4.79 Å². The fourth-order valence-corrected chi connectivity index (χ4v) is 4.71. The van der Waals surface area contributed by atoms with E-state index in [9.17, 15) is 4.79 Å². The van der Waals surface area contributed by atoms with Crippen molar-refractivity contribution in [3.05, 3.63) is 110 Å². The summed E-state index contributed by atoms with van der Waals surface area (Å²) in [6.45, 7) is 0.551. The van der Waals surface area contributed by atoms with Crippen LogP contribution in [0.3, 0.4) is 0 Å². The average molecular weight is 445 g/mol. The molecule has 1 N–H and O–H groups in total. The molecule has 0 amide bonds. The molecule has 0 radical (unpaired) electrons. The largest absolute Gasteiger partial charge is 0.478 e. The van der Waals surface area contributed by atoms with Gasteiger partial charge in [0.05, 0.1) is 22.7 Å². The summed E-state index contributed by atoms with van der Waals surface area (Å²) in [6, 6.07) is 19.1. The molecule has 0 unspecified atom stereocenters. The van der Waals surface area contributed by atoms with E-state index >= 15 is 0 Å². The summed E-state index contributed by atoms with van der Waals surface area (Å²) < 4.78 is 0. The Morgan fingerprint density at radius 2 is 1.87 bits per heavy atom. The molecule has 2 aromatic heterocycles. The van der Waals surface area contributed by atoms with E-state index in [1.807, 2.05) is 36.5 Å². The van der Waals surface area contributed by atoms with Gasteiger partial charge in [-0.3, -0.25) is 9.98 Å². The van der Waals surface area contributed by atoms with E-state index in [4.69, 9.17) is 21.7 Å². The van der Waals surface area contributed by atoms with Crippen LogP contribution in [0.25, 0.3) is 11.1 Å². The van der Waals surface area contributed by atoms with E-state index in [0.29, 0.717) is 18.0 Å². The minimum absolute atomic E-state index is 0.280. The molecule has 0 bridgehead atoms. The van der Waals surface area contributed by atoms with Crippen molar-refractivity contribution in [2.24, 2.45) is 4.99 Å². The molecule has 6 heteroatoms. The predicted molar refractivity (Wildman–Crippen MR) is 125 cm³/mol. The lowest BCUT2D eigenvalue weighted by atomic mass is 9.93. The van der Waals surface area contributed by atoms with Gasteiger partial charge in [-0.05, 0) is 64.0 Å². The maximum absolute atomic E-state index is 11.1. The fourth-order valence-electron chi connectivity index (χ4n) is 3.80. The summed E-state index contributed by atoms with van der Waals surface area (Å²) in [5.74, 6) is -0.925. The predicted octanol–water partition coefficient (Wildman–Crippen LogP) is 6.10. The normalized spacial score (nSPS) is 12.5. The molecule has 2 aromatic carbocycles. The number of nitrogens with zero attached hydrogens (tertiary/aromatic N) is 2. The van der Waals surface area contributed by atoms with Crippen LogP contribution in [0, 0.1) is 0 Å². The lowest BCUT2D eigenvalue weighted by molar-refractivity contribution is 0.0697. The molecule has 3 heterocycles. The van der Waals surface area contributed by atoms with Crippen LogP contribution < -0.4 is 0 Å². The molecule has 31 heavy (non-hydrogen) atoms. The number of aromatic carboxylic acids is 1. The number of hydrogen-bond acceptors (Lipinski definition) is 4. The van der Waals surface area contributed by atoms with Gasteiger partial charge in [0.15, 0.2) is 0 Å². The fraction of sp³-hybridized carbons (Fsp3) is 0.0800. The molecule has 1 aliphatic heterocycles. The molecule has 0 saturated heterocycles. The van der Waals surface area contributed by atoms with Crippen LogP contribution in [0.1, 0.15) is 37.6 Å². The lowest BCUT2D eigenvalue weighted by Crippen LogP contribution is -2.02. The van der Waals surface area contributed by atoms with Crippen molar-refractivity contribution in [2.75, 3.05) is 0 Å². The Bertz CT molecular complexity index is 1310. The number of thiophene rings is 1. The second-order valence-corrected chi connectivity index (χ2v) is 8.73. The van der Waals surface area contributed by atoms with Gasteiger partial charge in [-0.15, -0.1) is 11.3 Å². The van der Waals surface area contributed by atoms with Crippen LogP contribution in [0.15, 0.2) is 77.2 Å². The number of benzene rings is 2. The first-order valence-corrected chi connectivity index (χ1v) is 11.0. The zero-order chi connectivity index (χ0) is 21.4. The van der Waals surface area contributed by atoms with E-state index < -0.39 is 5.97 Å². The first-order valence-electron chi connectivity index (χ1n) is 9.77. The maximum atomic E-state index is 11.1. The van der Waals surface area contributed by atoms with Gasteiger partial charge in [0.25, 0.3) is 0 Å². The Balaban J connectivity index is 1.55. The zero-order valence-corrected chi connectivity index (χ0v) is 18.0. The standard InChI is InChI=1S/C25H17ClN2O2S/c26-18-7-8-20-21-12-19(10-15-3-5-16(6-4-15)25(29)30)27-13-17(21)14-28-24(22(20)11-18)23-2-1-9-31-23/h1-9,11-13H,10,14H2,(H,29,30). The van der Waals surface area contributed by atoms with Crippen LogP contribution in [0.5, 0.6) is 0 Å². The summed E-state index contributed by atoms with van der Waals surface area (Å²) in [7, 11) is 0. The summed E-state index contributed by atoms with van der Waals surface area (Å²) in [4.78, 5) is 21.8. The topological polar surface area (TPSA) is 62.5 Å². The van der Waals surface area contributed by atoms with E-state index in [0.717, 1.165) is 44.1 Å². The van der Waals surface area contributed by atoms with Crippen molar-refractivity contribution >= 4 is 34.6 Å². The maximum Gasteiger partial charge on any atom is 0.335 e. The Kier molecular flexibility index (Phi) is 5.14. The summed E-state index contributed by atoms with van der Waals surface area (Å²) in [5.41, 5.74) is 7.46. The number of hydrogen-bond donors (Lipinski definition) is 1. The molecule has 0 aliphatic carbocycles. The molecule has 0 fully saturated rings. The highest BCUT2D eigenvalue weighted by atomic mass is 35.5. The van der Waals surface area contributed by atoms with Crippen LogP contribution >= 0.6 is 22.9 Å². The molecule has 4 nitrogen and oxygen atoms in total. The van der Waals surface area contributed by atoms with Gasteiger partial charge in [-0.2, -0.15) is 0 Å². The highest BCUT2D eigenvalue weighted by Gasteiger charge is 2.20. The third-order valence-corrected chi connectivity index (χ3v) is 6.43. The molecular formula is C25H17ClN2O2S. The SMILES string of the molecule is O=C(O)c1ccc(Cc2cc3c(cn2)CN=C(c2cccs2)c2cc(Cl)ccc2-3)cc1. The summed E-state index contributed by atoms with van der Waals surface area (Å²) in [6.07, 6.45) is 2.52. The third kappa shape index (κ3) is 3.90. The quantitative estimate of drug-likeness (QED) is 0.413. The average Bonchev–Trinajstić information content (AvgIpc) is 3.25. The van der Waals surface area contributed by atoms with Crippen molar-refractivity contribution in [2.45, 2.75) is 13.0 Å².